The van der Waals surface area contributed by atoms with Crippen LogP contribution in [-0.2, 0) is 4.79 Å². The molecule has 1 aromatic carbocycles. The average Bonchev–Trinajstić information content (AvgIpc) is 2.31. The molecule has 3 N–H and O–H groups in total. The first-order valence-corrected chi connectivity index (χ1v) is 5.91. The lowest BCUT2D eigenvalue weighted by molar-refractivity contribution is -0.384. The van der Waals surface area contributed by atoms with E-state index in [0.29, 0.717) is 6.54 Å². The number of nitrogens with zero attached hydrogens (tertiary/aromatic N) is 1. The number of amides is 1. The molecule has 0 aliphatic heterocycles. The molecule has 7 nitrogen and oxygen atoms in total. The minimum absolute atomic E-state index is 0.0451. The summed E-state index contributed by atoms with van der Waals surface area (Å²) in [6.07, 6.45) is 0.223. The number of nitro groups is 1. The zero-order valence-corrected chi connectivity index (χ0v) is 10.8. The fourth-order valence-electron chi connectivity index (χ4n) is 1.42. The molecule has 0 fully saturated rings. The van der Waals surface area contributed by atoms with Crippen LogP contribution >= 0.6 is 0 Å². The fraction of sp³-hybridized carbons (Fsp3) is 0.417. The second kappa shape index (κ2) is 6.69. The molecule has 0 bridgehead atoms. The van der Waals surface area contributed by atoms with Crippen molar-refractivity contribution in [2.24, 2.45) is 0 Å². The molecule has 0 aliphatic rings. The number of hydrogen-bond acceptors (Lipinski definition) is 5. The molecule has 1 aromatic rings. The van der Waals surface area contributed by atoms with Crippen molar-refractivity contribution < 1.29 is 14.8 Å². The van der Waals surface area contributed by atoms with Crippen LogP contribution in [0.5, 0.6) is 5.75 Å². The van der Waals surface area contributed by atoms with Crippen molar-refractivity contribution in [1.82, 2.24) is 5.32 Å². The Bertz CT molecular complexity index is 474. The Balaban J connectivity index is 2.63. The Morgan fingerprint density at radius 3 is 2.74 bits per heavy atom. The number of phenols is 1. The summed E-state index contributed by atoms with van der Waals surface area (Å²) < 4.78 is 0. The maximum atomic E-state index is 11.6. The number of anilines is 1. The second-order valence-corrected chi connectivity index (χ2v) is 4.37. The van der Waals surface area contributed by atoms with Crippen LogP contribution in [0.15, 0.2) is 18.2 Å². The van der Waals surface area contributed by atoms with Crippen molar-refractivity contribution in [3.63, 3.8) is 0 Å². The van der Waals surface area contributed by atoms with Crippen LogP contribution in [0.4, 0.5) is 11.4 Å². The van der Waals surface area contributed by atoms with E-state index in [9.17, 15) is 20.0 Å². The third-order valence-electron chi connectivity index (χ3n) is 2.37. The van der Waals surface area contributed by atoms with Crippen molar-refractivity contribution in [2.45, 2.75) is 26.3 Å². The maximum absolute atomic E-state index is 11.6. The lowest BCUT2D eigenvalue weighted by Gasteiger charge is -2.09. The van der Waals surface area contributed by atoms with E-state index in [0.717, 1.165) is 6.07 Å². The number of rotatable bonds is 6. The molecular weight excluding hydrogens is 250 g/mol. The van der Waals surface area contributed by atoms with Crippen molar-refractivity contribution in [1.29, 1.82) is 0 Å². The predicted molar refractivity (Wildman–Crippen MR) is 71.1 cm³/mol. The zero-order valence-electron chi connectivity index (χ0n) is 10.8. The van der Waals surface area contributed by atoms with Gasteiger partial charge in [0.25, 0.3) is 5.69 Å². The number of phenolic OH excluding ortho intramolecular Hbond substituents is 1. The largest absolute Gasteiger partial charge is 0.506 e. The Labute approximate surface area is 110 Å². The van der Waals surface area contributed by atoms with Gasteiger partial charge in [-0.25, -0.2) is 0 Å². The highest BCUT2D eigenvalue weighted by molar-refractivity contribution is 5.92. The highest BCUT2D eigenvalue weighted by Crippen LogP contribution is 2.27. The minimum Gasteiger partial charge on any atom is -0.506 e. The van der Waals surface area contributed by atoms with E-state index in [2.05, 4.69) is 10.6 Å². The van der Waals surface area contributed by atoms with Gasteiger partial charge in [-0.1, -0.05) is 13.8 Å². The van der Waals surface area contributed by atoms with Crippen LogP contribution in [0.1, 0.15) is 20.3 Å². The van der Waals surface area contributed by atoms with Gasteiger partial charge in [-0.3, -0.25) is 14.9 Å². The number of non-ortho nitro benzene ring substituents is 1. The fourth-order valence-corrected chi connectivity index (χ4v) is 1.42. The van der Waals surface area contributed by atoms with Gasteiger partial charge in [0.15, 0.2) is 0 Å². The molecule has 7 heteroatoms. The highest BCUT2D eigenvalue weighted by atomic mass is 16.6. The van der Waals surface area contributed by atoms with Crippen molar-refractivity contribution in [3.05, 3.63) is 28.3 Å². The molecule has 0 aromatic heterocycles. The van der Waals surface area contributed by atoms with Gasteiger partial charge in [-0.15, -0.1) is 0 Å². The topological polar surface area (TPSA) is 104 Å². The van der Waals surface area contributed by atoms with Gasteiger partial charge in [-0.2, -0.15) is 0 Å². The number of aromatic hydroxyl groups is 1. The quantitative estimate of drug-likeness (QED) is 0.413. The van der Waals surface area contributed by atoms with Gasteiger partial charge in [0, 0.05) is 31.1 Å². The lowest BCUT2D eigenvalue weighted by Crippen LogP contribution is -2.27. The molecule has 0 aliphatic carbocycles. The molecule has 0 heterocycles. The predicted octanol–water partition coefficient (Wildman–Crippen LogP) is 1.63. The number of nitro benzene ring substituents is 1. The Morgan fingerprint density at radius 1 is 1.47 bits per heavy atom. The monoisotopic (exact) mass is 267 g/mol. The third-order valence-corrected chi connectivity index (χ3v) is 2.37. The smallest absolute Gasteiger partial charge is 0.271 e. The highest BCUT2D eigenvalue weighted by Gasteiger charge is 2.12. The summed E-state index contributed by atoms with van der Waals surface area (Å²) in [5, 5.41) is 25.6. The van der Waals surface area contributed by atoms with Crippen LogP contribution < -0.4 is 10.6 Å². The number of benzene rings is 1. The Kier molecular flexibility index (Phi) is 5.25. The standard InChI is InChI=1S/C12H17N3O4/c1-8(2)13-6-5-12(17)14-10-7-9(15(18)19)3-4-11(10)16/h3-4,7-8,13,16H,5-6H2,1-2H3,(H,14,17). The molecule has 1 rings (SSSR count). The van der Waals surface area contributed by atoms with E-state index in [-0.39, 0.29) is 35.5 Å². The summed E-state index contributed by atoms with van der Waals surface area (Å²) in [6, 6.07) is 3.76. The molecule has 0 saturated carbocycles. The van der Waals surface area contributed by atoms with Gasteiger partial charge in [0.2, 0.25) is 5.91 Å². The van der Waals surface area contributed by atoms with Crippen LogP contribution in [-0.4, -0.2) is 28.5 Å². The van der Waals surface area contributed by atoms with Gasteiger partial charge >= 0.3 is 0 Å². The summed E-state index contributed by atoms with van der Waals surface area (Å²) in [6.45, 7) is 4.42. The number of carbonyl (C=O) groups is 1. The first-order valence-electron chi connectivity index (χ1n) is 5.91. The van der Waals surface area contributed by atoms with E-state index >= 15 is 0 Å². The summed E-state index contributed by atoms with van der Waals surface area (Å²) >= 11 is 0. The van der Waals surface area contributed by atoms with Gasteiger partial charge in [-0.05, 0) is 6.07 Å². The third kappa shape index (κ3) is 4.92. The number of hydrogen-bond donors (Lipinski definition) is 3. The maximum Gasteiger partial charge on any atom is 0.271 e. The van der Waals surface area contributed by atoms with Crippen molar-refractivity contribution in [2.75, 3.05) is 11.9 Å². The molecule has 0 radical (unpaired) electrons. The van der Waals surface area contributed by atoms with Gasteiger partial charge in [0.1, 0.15) is 5.75 Å². The number of carbonyl (C=O) groups excluding carboxylic acids is 1. The first kappa shape index (κ1) is 14.9. The second-order valence-electron chi connectivity index (χ2n) is 4.37. The molecular formula is C12H17N3O4. The summed E-state index contributed by atoms with van der Waals surface area (Å²) in [7, 11) is 0. The molecule has 19 heavy (non-hydrogen) atoms. The minimum atomic E-state index is -0.588. The SMILES string of the molecule is CC(C)NCCC(=O)Nc1cc([N+](=O)[O-])ccc1O. The molecule has 0 atom stereocenters. The van der Waals surface area contributed by atoms with Crippen LogP contribution in [0.3, 0.4) is 0 Å². The van der Waals surface area contributed by atoms with Crippen molar-refractivity contribution >= 4 is 17.3 Å². The van der Waals surface area contributed by atoms with Crippen LogP contribution in [0.2, 0.25) is 0 Å². The van der Waals surface area contributed by atoms with Gasteiger partial charge < -0.3 is 15.7 Å². The zero-order chi connectivity index (χ0) is 14.4. The van der Waals surface area contributed by atoms with Crippen LogP contribution in [0.25, 0.3) is 0 Å². The van der Waals surface area contributed by atoms with E-state index in [4.69, 9.17) is 0 Å². The first-order chi connectivity index (χ1) is 8.90. The molecule has 104 valence electrons. The normalized spacial score (nSPS) is 10.5. The summed E-state index contributed by atoms with van der Waals surface area (Å²) in [5.74, 6) is -0.514. The molecule has 0 unspecified atom stereocenters. The van der Waals surface area contributed by atoms with E-state index in [1.165, 1.54) is 12.1 Å². The van der Waals surface area contributed by atoms with Crippen molar-refractivity contribution in [3.8, 4) is 5.75 Å². The molecule has 1 amide bonds. The lowest BCUT2D eigenvalue weighted by atomic mass is 10.2. The van der Waals surface area contributed by atoms with Gasteiger partial charge in [0.05, 0.1) is 10.6 Å². The van der Waals surface area contributed by atoms with Crippen LogP contribution in [0, 0.1) is 10.1 Å². The molecule has 0 saturated heterocycles. The Hall–Kier alpha value is -2.15. The molecule has 0 spiro atoms. The summed E-state index contributed by atoms with van der Waals surface area (Å²) in [4.78, 5) is 21.6. The van der Waals surface area contributed by atoms with E-state index in [1.807, 2.05) is 13.8 Å². The van der Waals surface area contributed by atoms with E-state index in [1.54, 1.807) is 0 Å². The average molecular weight is 267 g/mol. The number of nitrogens with one attached hydrogen (secondary N) is 2. The Morgan fingerprint density at radius 2 is 2.16 bits per heavy atom. The van der Waals surface area contributed by atoms with E-state index < -0.39 is 4.92 Å². The summed E-state index contributed by atoms with van der Waals surface area (Å²) in [5.41, 5.74) is -0.142.